The van der Waals surface area contributed by atoms with E-state index >= 15 is 0 Å². The van der Waals surface area contributed by atoms with Crippen LogP contribution in [0.25, 0.3) is 11.1 Å². The van der Waals surface area contributed by atoms with Gasteiger partial charge in [0.15, 0.2) is 0 Å². The molecule has 1 aliphatic rings. The smallest absolute Gasteiger partial charge is 0.128 e. The third kappa shape index (κ3) is 3.87. The number of benzene rings is 2. The van der Waals surface area contributed by atoms with Crippen LogP contribution in [0.4, 0.5) is 4.39 Å². The molecule has 1 heterocycles. The summed E-state index contributed by atoms with van der Waals surface area (Å²) in [5.74, 6) is -0.206. The molecule has 136 valence electrons. The fourth-order valence-corrected chi connectivity index (χ4v) is 3.62. The summed E-state index contributed by atoms with van der Waals surface area (Å²) in [5.41, 5.74) is 1.67. The molecule has 0 amide bonds. The van der Waals surface area contributed by atoms with Crippen LogP contribution in [0, 0.1) is 17.1 Å². The van der Waals surface area contributed by atoms with E-state index in [9.17, 15) is 9.50 Å². The zero-order chi connectivity index (χ0) is 18.6. The van der Waals surface area contributed by atoms with Crippen molar-refractivity contribution >= 4 is 0 Å². The lowest BCUT2D eigenvalue weighted by molar-refractivity contribution is 0.136. The van der Waals surface area contributed by atoms with Gasteiger partial charge >= 0.3 is 0 Å². The van der Waals surface area contributed by atoms with Crippen molar-refractivity contribution < 1.29 is 9.50 Å². The van der Waals surface area contributed by atoms with Crippen LogP contribution < -0.4 is 5.32 Å². The van der Waals surface area contributed by atoms with E-state index in [-0.39, 0.29) is 17.1 Å². The van der Waals surface area contributed by atoms with Crippen LogP contribution in [-0.2, 0) is 6.54 Å². The number of nitriles is 1. The quantitative estimate of drug-likeness (QED) is 0.861. The first-order valence-electron chi connectivity index (χ1n) is 8.92. The second-order valence-electron chi connectivity index (χ2n) is 6.97. The van der Waals surface area contributed by atoms with Crippen LogP contribution in [0.3, 0.4) is 0 Å². The minimum Gasteiger partial charge on any atom is -0.507 e. The predicted molar refractivity (Wildman–Crippen MR) is 100 cm³/mol. The number of rotatable bonds is 5. The molecule has 5 heteroatoms. The lowest BCUT2D eigenvalue weighted by atomic mass is 9.85. The van der Waals surface area contributed by atoms with E-state index in [0.29, 0.717) is 24.1 Å². The maximum Gasteiger partial charge on any atom is 0.128 e. The number of hydrogen-bond acceptors (Lipinski definition) is 4. The summed E-state index contributed by atoms with van der Waals surface area (Å²) < 4.78 is 14.6. The van der Waals surface area contributed by atoms with Gasteiger partial charge < -0.3 is 10.4 Å². The van der Waals surface area contributed by atoms with Gasteiger partial charge in [0.25, 0.3) is 0 Å². The van der Waals surface area contributed by atoms with Crippen LogP contribution in [0.15, 0.2) is 42.5 Å². The summed E-state index contributed by atoms with van der Waals surface area (Å²) in [6.07, 6.45) is 2.19. The fraction of sp³-hybridized carbons (Fsp3) is 0.381. The Labute approximate surface area is 153 Å². The molecule has 1 aliphatic heterocycles. The van der Waals surface area contributed by atoms with Crippen LogP contribution in [0.1, 0.15) is 24.8 Å². The summed E-state index contributed by atoms with van der Waals surface area (Å²) in [4.78, 5) is 2.17. The molecular weight excluding hydrogens is 329 g/mol. The first kappa shape index (κ1) is 18.4. The number of phenolic OH excluding ortho intramolecular Hbond substituents is 1. The average Bonchev–Trinajstić information content (AvgIpc) is 2.67. The van der Waals surface area contributed by atoms with E-state index in [1.165, 1.54) is 12.1 Å². The standard InChI is InChI=1S/C21H24FN3O/c1-24-21(7-10-23)8-11-25(12-9-21)15-17-13-20(26)18(14-19(17)22)16-5-3-2-4-6-16/h2-6,13-14,24,26H,7-9,11-12,15H2,1H3. The van der Waals surface area contributed by atoms with Crippen molar-refractivity contribution in [2.75, 3.05) is 20.1 Å². The first-order chi connectivity index (χ1) is 12.6. The molecule has 3 rings (SSSR count). The number of hydrogen-bond donors (Lipinski definition) is 2. The van der Waals surface area contributed by atoms with Gasteiger partial charge in [0.05, 0.1) is 12.5 Å². The van der Waals surface area contributed by atoms with Crippen molar-refractivity contribution in [3.63, 3.8) is 0 Å². The van der Waals surface area contributed by atoms with Crippen molar-refractivity contribution in [3.05, 3.63) is 53.8 Å². The molecule has 0 spiro atoms. The third-order valence-electron chi connectivity index (χ3n) is 5.40. The number of halogens is 1. The topological polar surface area (TPSA) is 59.3 Å². The second kappa shape index (κ2) is 7.86. The van der Waals surface area contributed by atoms with Crippen LogP contribution in [-0.4, -0.2) is 35.7 Å². The number of aromatic hydroxyl groups is 1. The van der Waals surface area contributed by atoms with E-state index in [1.807, 2.05) is 37.4 Å². The molecule has 0 aromatic heterocycles. The lowest BCUT2D eigenvalue weighted by Crippen LogP contribution is -2.51. The molecule has 0 atom stereocenters. The number of phenols is 1. The normalized spacial score (nSPS) is 17.0. The Bertz CT molecular complexity index is 793. The van der Waals surface area contributed by atoms with Crippen LogP contribution in [0.5, 0.6) is 5.75 Å². The molecule has 1 fully saturated rings. The van der Waals surface area contributed by atoms with Gasteiger partial charge in [0, 0.05) is 36.3 Å². The summed E-state index contributed by atoms with van der Waals surface area (Å²) in [7, 11) is 1.90. The summed E-state index contributed by atoms with van der Waals surface area (Å²) >= 11 is 0. The van der Waals surface area contributed by atoms with E-state index in [2.05, 4.69) is 16.3 Å². The van der Waals surface area contributed by atoms with Gasteiger partial charge in [-0.2, -0.15) is 5.26 Å². The van der Waals surface area contributed by atoms with E-state index < -0.39 is 0 Å². The van der Waals surface area contributed by atoms with Crippen molar-refractivity contribution in [3.8, 4) is 22.9 Å². The lowest BCUT2D eigenvalue weighted by Gasteiger charge is -2.40. The molecule has 0 unspecified atom stereocenters. The molecule has 0 aliphatic carbocycles. The third-order valence-corrected chi connectivity index (χ3v) is 5.40. The zero-order valence-corrected chi connectivity index (χ0v) is 15.0. The molecule has 0 bridgehead atoms. The van der Waals surface area contributed by atoms with Gasteiger partial charge in [-0.3, -0.25) is 4.90 Å². The van der Waals surface area contributed by atoms with Crippen molar-refractivity contribution in [1.82, 2.24) is 10.2 Å². The highest BCUT2D eigenvalue weighted by Gasteiger charge is 2.33. The monoisotopic (exact) mass is 353 g/mol. The number of likely N-dealkylation sites (tertiary alicyclic amines) is 1. The Balaban J connectivity index is 1.72. The van der Waals surface area contributed by atoms with Crippen LogP contribution >= 0.6 is 0 Å². The first-order valence-corrected chi connectivity index (χ1v) is 8.92. The highest BCUT2D eigenvalue weighted by molar-refractivity contribution is 5.70. The number of piperidine rings is 1. The Morgan fingerprint density at radius 2 is 1.92 bits per heavy atom. The summed E-state index contributed by atoms with van der Waals surface area (Å²) in [6.45, 7) is 2.05. The molecule has 0 radical (unpaired) electrons. The summed E-state index contributed by atoms with van der Waals surface area (Å²) in [6, 6.07) is 14.5. The van der Waals surface area contributed by atoms with Gasteiger partial charge in [-0.25, -0.2) is 4.39 Å². The Kier molecular flexibility index (Phi) is 5.55. The van der Waals surface area contributed by atoms with Crippen molar-refractivity contribution in [2.24, 2.45) is 0 Å². The van der Waals surface area contributed by atoms with Gasteiger partial charge in [0.1, 0.15) is 11.6 Å². The SMILES string of the molecule is CNC1(CC#N)CCN(Cc2cc(O)c(-c3ccccc3)cc2F)CC1. The van der Waals surface area contributed by atoms with Gasteiger partial charge in [0.2, 0.25) is 0 Å². The maximum atomic E-state index is 14.6. The van der Waals surface area contributed by atoms with Gasteiger partial charge in [-0.05, 0) is 37.6 Å². The molecule has 2 N–H and O–H groups in total. The highest BCUT2D eigenvalue weighted by Crippen LogP contribution is 2.33. The molecule has 0 saturated carbocycles. The van der Waals surface area contributed by atoms with Gasteiger partial charge in [-0.15, -0.1) is 0 Å². The average molecular weight is 353 g/mol. The molecule has 2 aromatic rings. The Morgan fingerprint density at radius 1 is 1.23 bits per heavy atom. The Hall–Kier alpha value is -2.42. The molecule has 4 nitrogen and oxygen atoms in total. The second-order valence-corrected chi connectivity index (χ2v) is 6.97. The maximum absolute atomic E-state index is 14.6. The van der Waals surface area contributed by atoms with E-state index in [4.69, 9.17) is 5.26 Å². The molecule has 26 heavy (non-hydrogen) atoms. The number of nitrogens with zero attached hydrogens (tertiary/aromatic N) is 2. The predicted octanol–water partition coefficient (Wildman–Crippen LogP) is 3.67. The van der Waals surface area contributed by atoms with Crippen molar-refractivity contribution in [2.45, 2.75) is 31.3 Å². The van der Waals surface area contributed by atoms with Crippen molar-refractivity contribution in [1.29, 1.82) is 5.26 Å². The summed E-state index contributed by atoms with van der Waals surface area (Å²) in [5, 5.41) is 22.7. The molecule has 2 aromatic carbocycles. The van der Waals surface area contributed by atoms with Gasteiger partial charge in [-0.1, -0.05) is 30.3 Å². The van der Waals surface area contributed by atoms with E-state index in [0.717, 1.165) is 31.5 Å². The number of nitrogens with one attached hydrogen (secondary N) is 1. The fourth-order valence-electron chi connectivity index (χ4n) is 3.62. The van der Waals surface area contributed by atoms with E-state index in [1.54, 1.807) is 0 Å². The zero-order valence-electron chi connectivity index (χ0n) is 15.0. The molecule has 1 saturated heterocycles. The molecular formula is C21H24FN3O. The Morgan fingerprint density at radius 3 is 2.54 bits per heavy atom. The largest absolute Gasteiger partial charge is 0.507 e. The highest BCUT2D eigenvalue weighted by atomic mass is 19.1. The minimum absolute atomic E-state index is 0.0960. The minimum atomic E-state index is -0.302. The van der Waals surface area contributed by atoms with Crippen LogP contribution in [0.2, 0.25) is 0 Å².